The second kappa shape index (κ2) is 12.0. The molecule has 0 radical (unpaired) electrons. The Bertz CT molecular complexity index is 990. The minimum absolute atomic E-state index is 0.00794. The molecule has 0 saturated heterocycles. The van der Waals surface area contributed by atoms with Crippen molar-refractivity contribution >= 4 is 5.91 Å². The Balaban J connectivity index is 2.56. The quantitative estimate of drug-likeness (QED) is 0.476. The van der Waals surface area contributed by atoms with Crippen LogP contribution in [0.4, 0.5) is 4.39 Å². The molecule has 0 aliphatic carbocycles. The third kappa shape index (κ3) is 6.45. The Morgan fingerprint density at radius 1 is 1.09 bits per heavy atom. The van der Waals surface area contributed by atoms with Gasteiger partial charge in [-0.2, -0.15) is 4.68 Å². The van der Waals surface area contributed by atoms with E-state index in [4.69, 9.17) is 4.74 Å². The fourth-order valence-electron chi connectivity index (χ4n) is 4.02. The maximum absolute atomic E-state index is 15.3. The summed E-state index contributed by atoms with van der Waals surface area (Å²) in [4.78, 5) is 25.9. The molecule has 0 spiro atoms. The van der Waals surface area contributed by atoms with Crippen LogP contribution in [0.3, 0.4) is 0 Å². The molecule has 0 aliphatic rings. The number of hydrogen-bond acceptors (Lipinski definition) is 4. The molecular formula is C25H39FN4O3. The molecule has 33 heavy (non-hydrogen) atoms. The van der Waals surface area contributed by atoms with Crippen molar-refractivity contribution in [2.45, 2.75) is 98.1 Å². The summed E-state index contributed by atoms with van der Waals surface area (Å²) < 4.78 is 23.8. The van der Waals surface area contributed by atoms with E-state index in [9.17, 15) is 9.59 Å². The summed E-state index contributed by atoms with van der Waals surface area (Å²) in [6.07, 6.45) is 5.10. The Hall–Kier alpha value is -2.64. The van der Waals surface area contributed by atoms with Crippen LogP contribution in [0.2, 0.25) is 0 Å². The molecule has 2 rings (SSSR count). The maximum atomic E-state index is 15.3. The Kier molecular flexibility index (Phi) is 9.68. The van der Waals surface area contributed by atoms with Crippen LogP contribution in [0.5, 0.6) is 5.75 Å². The van der Waals surface area contributed by atoms with Gasteiger partial charge < -0.3 is 10.1 Å². The monoisotopic (exact) mass is 462 g/mol. The van der Waals surface area contributed by atoms with Gasteiger partial charge in [-0.1, -0.05) is 53.9 Å². The van der Waals surface area contributed by atoms with Crippen molar-refractivity contribution in [1.82, 2.24) is 19.7 Å². The van der Waals surface area contributed by atoms with Gasteiger partial charge in [0.15, 0.2) is 0 Å². The van der Waals surface area contributed by atoms with E-state index in [1.807, 2.05) is 27.7 Å². The molecule has 1 heterocycles. The third-order valence-corrected chi connectivity index (χ3v) is 5.69. The SMILES string of the molecule is CCCC(CCC)NC(=O)c1cc(F)c(-n2nc(C(C)C)n(C)c2=O)cc1O[C@@H](C)CCC. The van der Waals surface area contributed by atoms with Crippen LogP contribution in [0.25, 0.3) is 5.69 Å². The lowest BCUT2D eigenvalue weighted by Crippen LogP contribution is -2.35. The average molecular weight is 463 g/mol. The minimum Gasteiger partial charge on any atom is -0.490 e. The highest BCUT2D eigenvalue weighted by Gasteiger charge is 2.24. The summed E-state index contributed by atoms with van der Waals surface area (Å²) in [7, 11) is 1.61. The van der Waals surface area contributed by atoms with Crippen molar-refractivity contribution in [3.05, 3.63) is 39.8 Å². The van der Waals surface area contributed by atoms with Crippen molar-refractivity contribution in [1.29, 1.82) is 0 Å². The van der Waals surface area contributed by atoms with Crippen molar-refractivity contribution in [2.75, 3.05) is 0 Å². The van der Waals surface area contributed by atoms with Crippen LogP contribution >= 0.6 is 0 Å². The number of nitrogens with zero attached hydrogens (tertiary/aromatic N) is 3. The van der Waals surface area contributed by atoms with Crippen LogP contribution < -0.4 is 15.7 Å². The first-order valence-electron chi connectivity index (χ1n) is 12.1. The molecule has 8 heteroatoms. The molecule has 0 bridgehead atoms. The van der Waals surface area contributed by atoms with Crippen molar-refractivity contribution in [3.8, 4) is 11.4 Å². The first-order chi connectivity index (χ1) is 15.6. The van der Waals surface area contributed by atoms with Crippen LogP contribution in [-0.4, -0.2) is 32.4 Å². The van der Waals surface area contributed by atoms with Crippen LogP contribution in [0.1, 0.15) is 102 Å². The lowest BCUT2D eigenvalue weighted by molar-refractivity contribution is 0.0925. The van der Waals surface area contributed by atoms with Crippen LogP contribution in [-0.2, 0) is 7.05 Å². The molecule has 1 aromatic carbocycles. The Morgan fingerprint density at radius 3 is 2.21 bits per heavy atom. The molecule has 7 nitrogen and oxygen atoms in total. The van der Waals surface area contributed by atoms with Gasteiger partial charge in [-0.3, -0.25) is 9.36 Å². The number of carbonyl (C=O) groups is 1. The van der Waals surface area contributed by atoms with Crippen molar-refractivity contribution < 1.29 is 13.9 Å². The summed E-state index contributed by atoms with van der Waals surface area (Å²) in [5, 5.41) is 7.37. The molecule has 2 aromatic rings. The smallest absolute Gasteiger partial charge is 0.350 e. The number of aromatic nitrogens is 3. The van der Waals surface area contributed by atoms with Crippen molar-refractivity contribution in [2.24, 2.45) is 7.05 Å². The maximum Gasteiger partial charge on any atom is 0.350 e. The molecule has 1 aromatic heterocycles. The van der Waals surface area contributed by atoms with Gasteiger partial charge in [0.2, 0.25) is 0 Å². The fraction of sp³-hybridized carbons (Fsp3) is 0.640. The Labute approximate surface area is 196 Å². The largest absolute Gasteiger partial charge is 0.490 e. The van der Waals surface area contributed by atoms with E-state index in [2.05, 4.69) is 24.3 Å². The van der Waals surface area contributed by atoms with E-state index in [0.29, 0.717) is 5.82 Å². The van der Waals surface area contributed by atoms with Gasteiger partial charge >= 0.3 is 5.69 Å². The summed E-state index contributed by atoms with van der Waals surface area (Å²) >= 11 is 0. The average Bonchev–Trinajstić information content (AvgIpc) is 3.04. The zero-order valence-corrected chi connectivity index (χ0v) is 21.1. The third-order valence-electron chi connectivity index (χ3n) is 5.69. The van der Waals surface area contributed by atoms with E-state index in [1.165, 1.54) is 10.6 Å². The summed E-state index contributed by atoms with van der Waals surface area (Å²) in [5.74, 6) is -0.285. The number of nitrogens with one attached hydrogen (secondary N) is 1. The second-order valence-corrected chi connectivity index (χ2v) is 9.03. The zero-order valence-electron chi connectivity index (χ0n) is 21.1. The molecule has 0 unspecified atom stereocenters. The summed E-state index contributed by atoms with van der Waals surface area (Å²) in [6, 6.07) is 2.59. The van der Waals surface area contributed by atoms with Gasteiger partial charge in [0.05, 0.1) is 11.7 Å². The second-order valence-electron chi connectivity index (χ2n) is 9.03. The van der Waals surface area contributed by atoms with E-state index in [0.717, 1.165) is 49.3 Å². The highest BCUT2D eigenvalue weighted by Crippen LogP contribution is 2.27. The topological polar surface area (TPSA) is 78.2 Å². The molecule has 0 saturated carbocycles. The van der Waals surface area contributed by atoms with Gasteiger partial charge in [-0.15, -0.1) is 5.10 Å². The molecule has 0 aliphatic heterocycles. The van der Waals surface area contributed by atoms with Crippen molar-refractivity contribution in [3.63, 3.8) is 0 Å². The number of carbonyl (C=O) groups excluding carboxylic acids is 1. The number of halogens is 1. The first kappa shape index (κ1) is 26.6. The zero-order chi connectivity index (χ0) is 24.7. The predicted octanol–water partition coefficient (Wildman–Crippen LogP) is 5.10. The lowest BCUT2D eigenvalue weighted by Gasteiger charge is -2.21. The predicted molar refractivity (Wildman–Crippen MR) is 129 cm³/mol. The molecule has 0 fully saturated rings. The number of benzene rings is 1. The van der Waals surface area contributed by atoms with Crippen LogP contribution in [0, 0.1) is 5.82 Å². The number of ether oxygens (including phenoxy) is 1. The fourth-order valence-corrected chi connectivity index (χ4v) is 4.02. The van der Waals surface area contributed by atoms with E-state index in [1.54, 1.807) is 7.05 Å². The van der Waals surface area contributed by atoms with Gasteiger partial charge in [0.1, 0.15) is 23.1 Å². The van der Waals surface area contributed by atoms with E-state index in [-0.39, 0.29) is 41.0 Å². The minimum atomic E-state index is -0.700. The Morgan fingerprint density at radius 2 is 1.70 bits per heavy atom. The molecular weight excluding hydrogens is 423 g/mol. The summed E-state index contributed by atoms with van der Waals surface area (Å²) in [6.45, 7) is 11.9. The number of rotatable bonds is 12. The highest BCUT2D eigenvalue weighted by molar-refractivity contribution is 5.97. The summed E-state index contributed by atoms with van der Waals surface area (Å²) in [5.41, 5.74) is -0.353. The molecule has 1 amide bonds. The normalized spacial score (nSPS) is 12.4. The van der Waals surface area contributed by atoms with Gasteiger partial charge in [-0.05, 0) is 32.3 Å². The molecule has 1 N–H and O–H groups in total. The van der Waals surface area contributed by atoms with Gasteiger partial charge in [0.25, 0.3) is 5.91 Å². The van der Waals surface area contributed by atoms with Gasteiger partial charge in [0, 0.05) is 25.1 Å². The number of hydrogen-bond donors (Lipinski definition) is 1. The van der Waals surface area contributed by atoms with Gasteiger partial charge in [-0.25, -0.2) is 9.18 Å². The molecule has 1 atom stereocenters. The highest BCUT2D eigenvalue weighted by atomic mass is 19.1. The van der Waals surface area contributed by atoms with E-state index >= 15 is 4.39 Å². The standard InChI is InChI=1S/C25H39FN4O3/c1-8-11-17(6)33-22-15-21(30-25(32)29(7)23(28-30)16(4)5)20(26)14-19(22)24(31)27-18(12-9-2)13-10-3/h14-18H,8-13H2,1-7H3,(H,27,31)/t17-/m0/s1. The number of amides is 1. The van der Waals surface area contributed by atoms with E-state index < -0.39 is 11.5 Å². The van der Waals surface area contributed by atoms with Crippen LogP contribution in [0.15, 0.2) is 16.9 Å². The lowest BCUT2D eigenvalue weighted by atomic mass is 10.1. The molecule has 184 valence electrons. The first-order valence-corrected chi connectivity index (χ1v) is 12.1.